The van der Waals surface area contributed by atoms with Crippen molar-refractivity contribution in [3.05, 3.63) is 53.7 Å². The van der Waals surface area contributed by atoms with Gasteiger partial charge < -0.3 is 10.2 Å². The van der Waals surface area contributed by atoms with Crippen LogP contribution in [-0.2, 0) is 0 Å². The van der Waals surface area contributed by atoms with Crippen LogP contribution in [0.25, 0.3) is 0 Å². The maximum atomic E-state index is 12.7. The zero-order valence-electron chi connectivity index (χ0n) is 15.1. The van der Waals surface area contributed by atoms with Gasteiger partial charge in [-0.3, -0.25) is 9.59 Å². The van der Waals surface area contributed by atoms with Crippen LogP contribution >= 0.6 is 0 Å². The third kappa shape index (κ3) is 5.14. The van der Waals surface area contributed by atoms with Gasteiger partial charge in [0.2, 0.25) is 0 Å². The highest BCUT2D eigenvalue weighted by atomic mass is 16.2. The number of carbonyl (C=O) groups is 2. The molecule has 1 N–H and O–H groups in total. The minimum absolute atomic E-state index is 0.0288. The minimum atomic E-state index is 0.0288. The molecule has 0 saturated carbocycles. The van der Waals surface area contributed by atoms with Crippen LogP contribution in [0.5, 0.6) is 0 Å². The largest absolute Gasteiger partial charge is 0.340 e. The Hall–Kier alpha value is -2.69. The minimum Gasteiger partial charge on any atom is -0.340 e. The van der Waals surface area contributed by atoms with E-state index < -0.39 is 0 Å². The van der Waals surface area contributed by atoms with Gasteiger partial charge in [0.05, 0.1) is 0 Å². The molecular weight excluding hydrogens is 314 g/mol. The monoisotopic (exact) mass is 339 g/mol. The fourth-order valence-electron chi connectivity index (χ4n) is 2.61. The summed E-state index contributed by atoms with van der Waals surface area (Å²) in [7, 11) is 0. The second-order valence-electron chi connectivity index (χ2n) is 5.98. The molecule has 1 aromatic heterocycles. The number of nitrogens with zero attached hydrogens (tertiary/aromatic N) is 2. The number of carbonyl (C=O) groups excluding carboxylic acids is 2. The molecule has 0 unspecified atom stereocenters. The predicted molar refractivity (Wildman–Crippen MR) is 100 cm³/mol. The van der Waals surface area contributed by atoms with E-state index in [1.807, 2.05) is 17.0 Å². The van der Waals surface area contributed by atoms with E-state index in [1.165, 1.54) is 6.92 Å². The zero-order valence-corrected chi connectivity index (χ0v) is 15.1. The van der Waals surface area contributed by atoms with Crippen LogP contribution in [-0.4, -0.2) is 34.7 Å². The van der Waals surface area contributed by atoms with Crippen LogP contribution in [0.4, 0.5) is 11.5 Å². The van der Waals surface area contributed by atoms with Crippen molar-refractivity contribution >= 4 is 23.2 Å². The third-order valence-electron chi connectivity index (χ3n) is 3.84. The summed E-state index contributed by atoms with van der Waals surface area (Å²) in [5, 5.41) is 3.18. The molecule has 5 heteroatoms. The molecule has 0 aliphatic heterocycles. The first-order valence-corrected chi connectivity index (χ1v) is 8.68. The Labute approximate surface area is 149 Å². The highest BCUT2D eigenvalue weighted by Gasteiger charge is 2.15. The third-order valence-corrected chi connectivity index (χ3v) is 3.84. The summed E-state index contributed by atoms with van der Waals surface area (Å²) >= 11 is 0. The summed E-state index contributed by atoms with van der Waals surface area (Å²) in [6.07, 6.45) is 3.50. The summed E-state index contributed by atoms with van der Waals surface area (Å²) < 4.78 is 0. The van der Waals surface area contributed by atoms with Crippen LogP contribution in [0.1, 0.15) is 54.3 Å². The molecule has 0 aliphatic carbocycles. The van der Waals surface area contributed by atoms with Gasteiger partial charge in [-0.25, -0.2) is 4.98 Å². The van der Waals surface area contributed by atoms with E-state index in [0.717, 1.165) is 31.6 Å². The Kier molecular flexibility index (Phi) is 6.69. The molecule has 1 aromatic carbocycles. The number of amides is 1. The molecule has 0 spiro atoms. The first-order chi connectivity index (χ1) is 12.0. The van der Waals surface area contributed by atoms with Crippen LogP contribution in [0.3, 0.4) is 0 Å². The molecule has 25 heavy (non-hydrogen) atoms. The molecule has 0 radical (unpaired) electrons. The van der Waals surface area contributed by atoms with E-state index in [-0.39, 0.29) is 11.7 Å². The van der Waals surface area contributed by atoms with E-state index in [9.17, 15) is 9.59 Å². The summed E-state index contributed by atoms with van der Waals surface area (Å²) in [6.45, 7) is 7.19. The maximum absolute atomic E-state index is 12.7. The first kappa shape index (κ1) is 18.6. The molecule has 0 fully saturated rings. The number of anilines is 2. The fraction of sp³-hybridized carbons (Fsp3) is 0.350. The Balaban J connectivity index is 2.14. The van der Waals surface area contributed by atoms with Gasteiger partial charge in [-0.15, -0.1) is 0 Å². The molecule has 0 bridgehead atoms. The smallest absolute Gasteiger partial charge is 0.254 e. The zero-order chi connectivity index (χ0) is 18.2. The molecule has 2 aromatic rings. The number of nitrogens with one attached hydrogen (secondary N) is 1. The SMILES string of the molecule is CCCN(CCC)C(=O)c1ccnc(Nc2ccc(C(C)=O)cc2)c1. The van der Waals surface area contributed by atoms with Gasteiger partial charge in [-0.2, -0.15) is 0 Å². The van der Waals surface area contributed by atoms with Gasteiger partial charge in [0, 0.05) is 36.1 Å². The van der Waals surface area contributed by atoms with Crippen molar-refractivity contribution in [1.82, 2.24) is 9.88 Å². The number of ketones is 1. The normalized spacial score (nSPS) is 10.4. The first-order valence-electron chi connectivity index (χ1n) is 8.68. The van der Waals surface area contributed by atoms with Crippen molar-refractivity contribution in [2.24, 2.45) is 0 Å². The van der Waals surface area contributed by atoms with Gasteiger partial charge in [0.1, 0.15) is 5.82 Å². The Morgan fingerprint density at radius 1 is 1.00 bits per heavy atom. The lowest BCUT2D eigenvalue weighted by Crippen LogP contribution is -2.32. The number of rotatable bonds is 8. The van der Waals surface area contributed by atoms with Crippen LogP contribution in [0.2, 0.25) is 0 Å². The lowest BCUT2D eigenvalue weighted by atomic mass is 10.1. The van der Waals surface area contributed by atoms with Gasteiger partial charge in [-0.05, 0) is 56.2 Å². The van der Waals surface area contributed by atoms with Crippen molar-refractivity contribution in [3.63, 3.8) is 0 Å². The summed E-state index contributed by atoms with van der Waals surface area (Å²) in [6, 6.07) is 10.7. The highest BCUT2D eigenvalue weighted by Crippen LogP contribution is 2.17. The standard InChI is InChI=1S/C20H25N3O2/c1-4-12-23(13-5-2)20(25)17-10-11-21-19(14-17)22-18-8-6-16(7-9-18)15(3)24/h6-11,14H,4-5,12-13H2,1-3H3,(H,21,22). The lowest BCUT2D eigenvalue weighted by molar-refractivity contribution is 0.0755. The fourth-order valence-corrected chi connectivity index (χ4v) is 2.61. The molecule has 1 heterocycles. The number of aromatic nitrogens is 1. The molecular formula is C20H25N3O2. The topological polar surface area (TPSA) is 62.3 Å². The molecule has 2 rings (SSSR count). The van der Waals surface area contributed by atoms with E-state index >= 15 is 0 Å². The van der Waals surface area contributed by atoms with Crippen LogP contribution in [0, 0.1) is 0 Å². The Morgan fingerprint density at radius 2 is 1.64 bits per heavy atom. The number of Topliss-reactive ketones (excluding diaryl/α,β-unsaturated/α-hetero) is 1. The number of hydrogen-bond donors (Lipinski definition) is 1. The van der Waals surface area contributed by atoms with Gasteiger partial charge in [-0.1, -0.05) is 13.8 Å². The van der Waals surface area contributed by atoms with E-state index in [4.69, 9.17) is 0 Å². The van der Waals surface area contributed by atoms with Crippen LogP contribution in [0.15, 0.2) is 42.6 Å². The van der Waals surface area contributed by atoms with Gasteiger partial charge >= 0.3 is 0 Å². The molecule has 0 saturated heterocycles. The summed E-state index contributed by atoms with van der Waals surface area (Å²) in [5.41, 5.74) is 2.11. The summed E-state index contributed by atoms with van der Waals surface area (Å²) in [5.74, 6) is 0.666. The Morgan fingerprint density at radius 3 is 2.20 bits per heavy atom. The Bertz CT molecular complexity index is 720. The second kappa shape index (κ2) is 8.97. The van der Waals surface area contributed by atoms with Crippen LogP contribution < -0.4 is 5.32 Å². The molecule has 5 nitrogen and oxygen atoms in total. The molecule has 132 valence electrons. The number of pyridine rings is 1. The second-order valence-corrected chi connectivity index (χ2v) is 5.98. The molecule has 1 amide bonds. The van der Waals surface area contributed by atoms with Crippen molar-refractivity contribution in [1.29, 1.82) is 0 Å². The quantitative estimate of drug-likeness (QED) is 0.729. The average Bonchev–Trinajstić information content (AvgIpc) is 2.61. The average molecular weight is 339 g/mol. The van der Waals surface area contributed by atoms with Gasteiger partial charge in [0.15, 0.2) is 5.78 Å². The lowest BCUT2D eigenvalue weighted by Gasteiger charge is -2.21. The number of hydrogen-bond acceptors (Lipinski definition) is 4. The maximum Gasteiger partial charge on any atom is 0.254 e. The molecule has 0 aliphatic rings. The molecule has 0 atom stereocenters. The summed E-state index contributed by atoms with van der Waals surface area (Å²) in [4.78, 5) is 30.2. The number of benzene rings is 1. The van der Waals surface area contributed by atoms with Gasteiger partial charge in [0.25, 0.3) is 5.91 Å². The van der Waals surface area contributed by atoms with Crippen molar-refractivity contribution < 1.29 is 9.59 Å². The van der Waals surface area contributed by atoms with Crippen molar-refractivity contribution in [2.45, 2.75) is 33.6 Å². The van der Waals surface area contributed by atoms with Crippen molar-refractivity contribution in [2.75, 3.05) is 18.4 Å². The predicted octanol–water partition coefficient (Wildman–Crippen LogP) is 4.29. The van der Waals surface area contributed by atoms with E-state index in [0.29, 0.717) is 16.9 Å². The highest BCUT2D eigenvalue weighted by molar-refractivity contribution is 5.95. The van der Waals surface area contributed by atoms with E-state index in [1.54, 1.807) is 30.5 Å². The van der Waals surface area contributed by atoms with Crippen molar-refractivity contribution in [3.8, 4) is 0 Å². The van der Waals surface area contributed by atoms with E-state index in [2.05, 4.69) is 24.1 Å².